The van der Waals surface area contributed by atoms with Gasteiger partial charge in [-0.25, -0.2) is 4.57 Å². The summed E-state index contributed by atoms with van der Waals surface area (Å²) in [5, 5.41) is 8.52. The highest BCUT2D eigenvalue weighted by molar-refractivity contribution is 7.52. The van der Waals surface area contributed by atoms with Gasteiger partial charge in [0.25, 0.3) is 0 Å². The maximum absolute atomic E-state index is 10.2. The maximum atomic E-state index is 10.2. The van der Waals surface area contributed by atoms with Gasteiger partial charge in [0, 0.05) is 0 Å². The van der Waals surface area contributed by atoms with Gasteiger partial charge >= 0.3 is 15.4 Å². The summed E-state index contributed by atoms with van der Waals surface area (Å²) in [6.45, 7) is -1.12. The van der Waals surface area contributed by atoms with Gasteiger partial charge in [0.15, 0.2) is 5.85 Å². The zero-order valence-corrected chi connectivity index (χ0v) is 7.43. The Kier molecular flexibility index (Phi) is 4.02. The second-order valence-electron chi connectivity index (χ2n) is 1.86. The molecule has 12 heavy (non-hydrogen) atoms. The van der Waals surface area contributed by atoms with Crippen molar-refractivity contribution in [3.05, 3.63) is 0 Å². The van der Waals surface area contributed by atoms with E-state index in [4.69, 9.17) is 24.7 Å². The largest absolute Gasteiger partial charge is 0.469 e. The number of phosphoric ester groups is 1. The minimum atomic E-state index is -4.79. The molecule has 1 unspecified atom stereocenters. The van der Waals surface area contributed by atoms with Crippen LogP contribution in [-0.4, -0.2) is 37.1 Å². The first-order valence-electron chi connectivity index (χ1n) is 2.56. The second kappa shape index (κ2) is 3.95. The van der Waals surface area contributed by atoms with Crippen LogP contribution in [0.4, 0.5) is 0 Å². The fourth-order valence-corrected chi connectivity index (χ4v) is 0.983. The molecule has 0 aromatic heterocycles. The molecule has 0 bridgehead atoms. The molecule has 10 heteroatoms. The minimum Gasteiger partial charge on any atom is -0.378 e. The average Bonchev–Trinajstić information content (AvgIpc) is 1.78. The van der Waals surface area contributed by atoms with Crippen molar-refractivity contribution in [2.45, 2.75) is 5.85 Å². The van der Waals surface area contributed by atoms with E-state index in [1.54, 1.807) is 0 Å². The summed E-state index contributed by atoms with van der Waals surface area (Å²) in [6.07, 6.45) is 0. The van der Waals surface area contributed by atoms with E-state index >= 15 is 0 Å². The molecule has 0 radical (unpaired) electrons. The summed E-state index contributed by atoms with van der Waals surface area (Å²) in [5.74, 6) is -2.22. The summed E-state index contributed by atoms with van der Waals surface area (Å²) in [4.78, 5) is 32.5. The number of rotatable bonds is 4. The van der Waals surface area contributed by atoms with Crippen LogP contribution in [0.3, 0.4) is 0 Å². The average molecular weight is 222 g/mol. The van der Waals surface area contributed by atoms with Crippen LogP contribution in [0.2, 0.25) is 0 Å². The first-order chi connectivity index (χ1) is 5.13. The quantitative estimate of drug-likeness (QED) is 0.365. The number of hydrogen-bond donors (Lipinski definition) is 5. The van der Waals surface area contributed by atoms with Gasteiger partial charge in [0.05, 0.1) is 6.61 Å². The van der Waals surface area contributed by atoms with Crippen LogP contribution >= 0.6 is 15.4 Å². The lowest BCUT2D eigenvalue weighted by molar-refractivity contribution is 0.112. The molecular formula is C2H8O8P2. The monoisotopic (exact) mass is 222 g/mol. The molecule has 1 atom stereocenters. The molecular weight excluding hydrogens is 214 g/mol. The lowest BCUT2D eigenvalue weighted by Crippen LogP contribution is -2.14. The van der Waals surface area contributed by atoms with E-state index in [2.05, 4.69) is 4.52 Å². The lowest BCUT2D eigenvalue weighted by atomic mass is 10.8. The van der Waals surface area contributed by atoms with Gasteiger partial charge in [-0.15, -0.1) is 0 Å². The highest BCUT2D eigenvalue weighted by Gasteiger charge is 2.29. The van der Waals surface area contributed by atoms with Crippen LogP contribution in [-0.2, 0) is 13.7 Å². The Hall–Kier alpha value is 0.220. The molecule has 0 heterocycles. The second-order valence-corrected chi connectivity index (χ2v) is 4.87. The SMILES string of the molecule is O=P(O)(O)OCC(O)P(=O)(O)O. The van der Waals surface area contributed by atoms with Gasteiger partial charge < -0.3 is 24.7 Å². The lowest BCUT2D eigenvalue weighted by Gasteiger charge is -2.12. The maximum Gasteiger partial charge on any atom is 0.469 e. The van der Waals surface area contributed by atoms with E-state index in [9.17, 15) is 9.13 Å². The molecule has 5 N–H and O–H groups in total. The van der Waals surface area contributed by atoms with E-state index in [0.29, 0.717) is 0 Å². The zero-order valence-electron chi connectivity index (χ0n) is 5.64. The van der Waals surface area contributed by atoms with Crippen LogP contribution in [0, 0.1) is 0 Å². The number of phosphoric acid groups is 1. The summed E-state index contributed by atoms with van der Waals surface area (Å²) in [6, 6.07) is 0. The molecule has 8 nitrogen and oxygen atoms in total. The fraction of sp³-hybridized carbons (Fsp3) is 1.00. The van der Waals surface area contributed by atoms with E-state index in [-0.39, 0.29) is 0 Å². The fourth-order valence-electron chi connectivity index (χ4n) is 0.261. The van der Waals surface area contributed by atoms with E-state index in [0.717, 1.165) is 0 Å². The Labute approximate surface area is 67.2 Å². The first kappa shape index (κ1) is 12.2. The van der Waals surface area contributed by atoms with Crippen LogP contribution in [0.25, 0.3) is 0 Å². The molecule has 0 saturated heterocycles. The zero-order chi connectivity index (χ0) is 9.99. The predicted molar refractivity (Wildman–Crippen MR) is 36.0 cm³/mol. The topological polar surface area (TPSA) is 145 Å². The predicted octanol–water partition coefficient (Wildman–Crippen LogP) is -1.41. The van der Waals surface area contributed by atoms with Gasteiger partial charge in [-0.3, -0.25) is 9.09 Å². The molecule has 0 spiro atoms. The molecule has 0 aromatic carbocycles. The molecule has 0 aliphatic rings. The van der Waals surface area contributed by atoms with Gasteiger partial charge in [0.1, 0.15) is 0 Å². The Morgan fingerprint density at radius 3 is 1.83 bits per heavy atom. The third kappa shape index (κ3) is 5.82. The number of aliphatic hydroxyl groups excluding tert-OH is 1. The summed E-state index contributed by atoms with van der Waals surface area (Å²) >= 11 is 0. The third-order valence-corrected chi connectivity index (χ3v) is 2.19. The molecule has 0 rings (SSSR count). The minimum absolute atomic E-state index is 1.12. The molecule has 0 saturated carbocycles. The molecule has 0 amide bonds. The van der Waals surface area contributed by atoms with Crippen LogP contribution in [0.15, 0.2) is 0 Å². The van der Waals surface area contributed by atoms with Crippen molar-refractivity contribution in [3.8, 4) is 0 Å². The standard InChI is InChI=1S/C2H8O8P2/c3-2(11(4,5)6)1-10-12(7,8)9/h2-3H,1H2,(H2,4,5,6)(H2,7,8,9). The third-order valence-electron chi connectivity index (χ3n) is 0.780. The molecule has 0 aliphatic heterocycles. The van der Waals surface area contributed by atoms with Crippen molar-refractivity contribution in [2.75, 3.05) is 6.61 Å². The van der Waals surface area contributed by atoms with E-state index in [1.165, 1.54) is 0 Å². The highest BCUT2D eigenvalue weighted by Crippen LogP contribution is 2.43. The summed E-state index contributed by atoms with van der Waals surface area (Å²) in [7, 11) is -9.55. The van der Waals surface area contributed by atoms with E-state index < -0.39 is 27.9 Å². The van der Waals surface area contributed by atoms with Crippen molar-refractivity contribution in [1.82, 2.24) is 0 Å². The Morgan fingerprint density at radius 2 is 1.58 bits per heavy atom. The van der Waals surface area contributed by atoms with Crippen molar-refractivity contribution in [3.63, 3.8) is 0 Å². The number of hydrogen-bond acceptors (Lipinski definition) is 4. The van der Waals surface area contributed by atoms with Crippen LogP contribution < -0.4 is 0 Å². The van der Waals surface area contributed by atoms with Gasteiger partial charge in [-0.1, -0.05) is 0 Å². The molecule has 0 aromatic rings. The normalized spacial score (nSPS) is 16.1. The van der Waals surface area contributed by atoms with Crippen LogP contribution in [0.5, 0.6) is 0 Å². The number of aliphatic hydroxyl groups is 1. The summed E-state index contributed by atoms with van der Waals surface area (Å²) in [5.41, 5.74) is 0. The first-order valence-corrected chi connectivity index (χ1v) is 5.77. The van der Waals surface area contributed by atoms with Gasteiger partial charge in [0.2, 0.25) is 0 Å². The van der Waals surface area contributed by atoms with Gasteiger partial charge in [-0.05, 0) is 0 Å². The van der Waals surface area contributed by atoms with Crippen molar-refractivity contribution < 1.29 is 38.3 Å². The van der Waals surface area contributed by atoms with Gasteiger partial charge in [-0.2, -0.15) is 0 Å². The molecule has 74 valence electrons. The van der Waals surface area contributed by atoms with E-state index in [1.807, 2.05) is 0 Å². The van der Waals surface area contributed by atoms with Crippen molar-refractivity contribution >= 4 is 15.4 Å². The van der Waals surface area contributed by atoms with Crippen LogP contribution in [0.1, 0.15) is 0 Å². The Morgan fingerprint density at radius 1 is 1.17 bits per heavy atom. The smallest absolute Gasteiger partial charge is 0.378 e. The molecule has 0 aliphatic carbocycles. The highest BCUT2D eigenvalue weighted by atomic mass is 31.2. The summed E-state index contributed by atoms with van der Waals surface area (Å²) < 4.78 is 23.8. The van der Waals surface area contributed by atoms with Crippen molar-refractivity contribution in [2.24, 2.45) is 0 Å². The Bertz CT molecular complexity index is 223. The Balaban J connectivity index is 3.97. The molecule has 0 fully saturated rings. The van der Waals surface area contributed by atoms with Crippen molar-refractivity contribution in [1.29, 1.82) is 0 Å².